The van der Waals surface area contributed by atoms with E-state index in [1.807, 2.05) is 6.92 Å². The summed E-state index contributed by atoms with van der Waals surface area (Å²) in [4.78, 5) is 22.4. The van der Waals surface area contributed by atoms with E-state index in [-0.39, 0.29) is 33.9 Å². The second kappa shape index (κ2) is 7.21. The average Bonchev–Trinajstić information content (AvgIpc) is 2.34. The summed E-state index contributed by atoms with van der Waals surface area (Å²) in [6.45, 7) is 2.14. The molecule has 0 atom stereocenters. The molecular weight excluding hydrogens is 293 g/mol. The molecule has 0 bridgehead atoms. The smallest absolute Gasteiger partial charge is 0.339 e. The van der Waals surface area contributed by atoms with Crippen molar-refractivity contribution in [2.24, 2.45) is 0 Å². The van der Waals surface area contributed by atoms with Crippen LogP contribution in [0.1, 0.15) is 23.7 Å². The van der Waals surface area contributed by atoms with Crippen LogP contribution in [0.2, 0.25) is 10.0 Å². The number of hydrogen-bond acceptors (Lipinski definition) is 3. The van der Waals surface area contributed by atoms with Gasteiger partial charge in [-0.15, -0.1) is 0 Å². The molecule has 0 heterocycles. The van der Waals surface area contributed by atoms with Crippen molar-refractivity contribution in [1.29, 1.82) is 0 Å². The first kappa shape index (κ1) is 15.6. The van der Waals surface area contributed by atoms with Gasteiger partial charge >= 0.3 is 5.97 Å². The quantitative estimate of drug-likeness (QED) is 0.847. The lowest BCUT2D eigenvalue weighted by Crippen LogP contribution is -2.29. The van der Waals surface area contributed by atoms with Gasteiger partial charge in [0.2, 0.25) is 0 Å². The van der Waals surface area contributed by atoms with Gasteiger partial charge in [-0.05, 0) is 18.6 Å². The average molecular weight is 306 g/mol. The molecule has 0 aliphatic carbocycles. The minimum atomic E-state index is -1.23. The van der Waals surface area contributed by atoms with Crippen LogP contribution >= 0.6 is 23.2 Å². The third kappa shape index (κ3) is 4.61. The summed E-state index contributed by atoms with van der Waals surface area (Å²) in [6, 6.07) is 2.57. The first-order valence-electron chi connectivity index (χ1n) is 5.57. The summed E-state index contributed by atoms with van der Waals surface area (Å²) in [5.74, 6) is -1.64. The molecule has 104 valence electrons. The van der Waals surface area contributed by atoms with Crippen molar-refractivity contribution < 1.29 is 19.4 Å². The number of ether oxygens (including phenoxy) is 1. The highest BCUT2D eigenvalue weighted by atomic mass is 35.5. The second-order valence-corrected chi connectivity index (χ2v) is 4.55. The largest absolute Gasteiger partial charge is 0.481 e. The van der Waals surface area contributed by atoms with E-state index in [4.69, 9.17) is 33.0 Å². The van der Waals surface area contributed by atoms with Crippen LogP contribution in [0.5, 0.6) is 5.75 Å². The molecule has 1 aromatic carbocycles. The highest BCUT2D eigenvalue weighted by Crippen LogP contribution is 2.32. The lowest BCUT2D eigenvalue weighted by Gasteiger charge is -2.11. The SMILES string of the molecule is CCCNC(=O)COc1c(Cl)cc(Cl)cc1C(=O)O. The van der Waals surface area contributed by atoms with Crippen molar-refractivity contribution >= 4 is 35.1 Å². The van der Waals surface area contributed by atoms with Gasteiger partial charge in [0.1, 0.15) is 5.56 Å². The predicted molar refractivity (Wildman–Crippen MR) is 72.2 cm³/mol. The van der Waals surface area contributed by atoms with Crippen molar-refractivity contribution in [2.75, 3.05) is 13.2 Å². The van der Waals surface area contributed by atoms with Gasteiger partial charge in [-0.1, -0.05) is 30.1 Å². The van der Waals surface area contributed by atoms with Crippen molar-refractivity contribution in [1.82, 2.24) is 5.32 Å². The van der Waals surface area contributed by atoms with E-state index in [1.165, 1.54) is 12.1 Å². The zero-order valence-corrected chi connectivity index (χ0v) is 11.7. The van der Waals surface area contributed by atoms with Crippen molar-refractivity contribution in [3.05, 3.63) is 27.7 Å². The molecule has 0 saturated carbocycles. The van der Waals surface area contributed by atoms with Crippen LogP contribution in [0.4, 0.5) is 0 Å². The van der Waals surface area contributed by atoms with Crippen LogP contribution in [0.15, 0.2) is 12.1 Å². The standard InChI is InChI=1S/C12H13Cl2NO4/c1-2-3-15-10(16)6-19-11-8(12(17)18)4-7(13)5-9(11)14/h4-5H,2-3,6H2,1H3,(H,15,16)(H,17,18). The van der Waals surface area contributed by atoms with Crippen molar-refractivity contribution in [3.63, 3.8) is 0 Å². The number of benzene rings is 1. The highest BCUT2D eigenvalue weighted by Gasteiger charge is 2.17. The van der Waals surface area contributed by atoms with Gasteiger partial charge in [0.15, 0.2) is 12.4 Å². The van der Waals surface area contributed by atoms with E-state index in [9.17, 15) is 9.59 Å². The summed E-state index contributed by atoms with van der Waals surface area (Å²) in [7, 11) is 0. The number of amides is 1. The minimum Gasteiger partial charge on any atom is -0.481 e. The lowest BCUT2D eigenvalue weighted by atomic mass is 10.2. The highest BCUT2D eigenvalue weighted by molar-refractivity contribution is 6.36. The van der Waals surface area contributed by atoms with E-state index in [0.717, 1.165) is 6.42 Å². The first-order chi connectivity index (χ1) is 8.95. The maximum absolute atomic E-state index is 11.4. The Kier molecular flexibility index (Phi) is 5.92. The predicted octanol–water partition coefficient (Wildman–Crippen LogP) is 2.60. The summed E-state index contributed by atoms with van der Waals surface area (Å²) in [5, 5.41) is 11.9. The molecular formula is C12H13Cl2NO4. The molecule has 0 unspecified atom stereocenters. The van der Waals surface area contributed by atoms with Gasteiger partial charge in [-0.3, -0.25) is 4.79 Å². The zero-order chi connectivity index (χ0) is 14.4. The molecule has 7 heteroatoms. The molecule has 0 aromatic heterocycles. The molecule has 1 aromatic rings. The Bertz CT molecular complexity index is 491. The van der Waals surface area contributed by atoms with Gasteiger partial charge in [0.05, 0.1) is 5.02 Å². The van der Waals surface area contributed by atoms with Crippen LogP contribution in [0, 0.1) is 0 Å². The molecule has 0 spiro atoms. The molecule has 1 amide bonds. The van der Waals surface area contributed by atoms with Crippen molar-refractivity contribution in [2.45, 2.75) is 13.3 Å². The van der Waals surface area contributed by atoms with E-state index < -0.39 is 5.97 Å². The number of carbonyl (C=O) groups excluding carboxylic acids is 1. The normalized spacial score (nSPS) is 10.1. The lowest BCUT2D eigenvalue weighted by molar-refractivity contribution is -0.123. The molecule has 19 heavy (non-hydrogen) atoms. The number of carboxylic acids is 1. The number of hydrogen-bond donors (Lipinski definition) is 2. The van der Waals surface area contributed by atoms with E-state index in [0.29, 0.717) is 6.54 Å². The Labute approximate surface area is 120 Å². The molecule has 0 aliphatic heterocycles. The number of rotatable bonds is 6. The summed E-state index contributed by atoms with van der Waals surface area (Å²) in [6.07, 6.45) is 0.799. The topological polar surface area (TPSA) is 75.6 Å². The molecule has 0 radical (unpaired) electrons. The number of nitrogens with one attached hydrogen (secondary N) is 1. The third-order valence-electron chi connectivity index (χ3n) is 2.16. The Morgan fingerprint density at radius 2 is 2.05 bits per heavy atom. The zero-order valence-electron chi connectivity index (χ0n) is 10.2. The van der Waals surface area contributed by atoms with E-state index >= 15 is 0 Å². The number of aromatic carboxylic acids is 1. The Morgan fingerprint density at radius 1 is 1.37 bits per heavy atom. The molecule has 5 nitrogen and oxygen atoms in total. The fourth-order valence-electron chi connectivity index (χ4n) is 1.32. The third-order valence-corrected chi connectivity index (χ3v) is 2.66. The maximum Gasteiger partial charge on any atom is 0.339 e. The number of carboxylic acid groups (broad SMARTS) is 1. The Morgan fingerprint density at radius 3 is 2.63 bits per heavy atom. The molecule has 0 aliphatic rings. The minimum absolute atomic E-state index is 0.0493. The fourth-order valence-corrected chi connectivity index (χ4v) is 1.87. The summed E-state index contributed by atoms with van der Waals surface area (Å²) < 4.78 is 5.16. The number of carbonyl (C=O) groups is 2. The molecule has 1 rings (SSSR count). The molecule has 0 fully saturated rings. The monoisotopic (exact) mass is 305 g/mol. The Balaban J connectivity index is 2.83. The van der Waals surface area contributed by atoms with E-state index in [1.54, 1.807) is 0 Å². The van der Waals surface area contributed by atoms with Crippen LogP contribution in [-0.2, 0) is 4.79 Å². The molecule has 0 saturated heterocycles. The van der Waals surface area contributed by atoms with Crippen LogP contribution in [0.3, 0.4) is 0 Å². The van der Waals surface area contributed by atoms with E-state index in [2.05, 4.69) is 5.32 Å². The van der Waals surface area contributed by atoms with Crippen LogP contribution in [-0.4, -0.2) is 30.1 Å². The van der Waals surface area contributed by atoms with Crippen LogP contribution < -0.4 is 10.1 Å². The summed E-state index contributed by atoms with van der Waals surface area (Å²) in [5.41, 5.74) is -0.180. The Hall–Kier alpha value is -1.46. The van der Waals surface area contributed by atoms with Crippen molar-refractivity contribution in [3.8, 4) is 5.75 Å². The maximum atomic E-state index is 11.4. The first-order valence-corrected chi connectivity index (χ1v) is 6.33. The molecule has 2 N–H and O–H groups in total. The number of halogens is 2. The van der Waals surface area contributed by atoms with Gasteiger partial charge in [0.25, 0.3) is 5.91 Å². The van der Waals surface area contributed by atoms with Gasteiger partial charge in [0, 0.05) is 11.6 Å². The van der Waals surface area contributed by atoms with Gasteiger partial charge in [-0.2, -0.15) is 0 Å². The van der Waals surface area contributed by atoms with Gasteiger partial charge in [-0.25, -0.2) is 4.79 Å². The van der Waals surface area contributed by atoms with Gasteiger partial charge < -0.3 is 15.2 Å². The van der Waals surface area contributed by atoms with Crippen LogP contribution in [0.25, 0.3) is 0 Å². The fraction of sp³-hybridized carbons (Fsp3) is 0.333. The second-order valence-electron chi connectivity index (χ2n) is 3.71. The summed E-state index contributed by atoms with van der Waals surface area (Å²) >= 11 is 11.6.